The Hall–Kier alpha value is -1.59. The average molecular weight is 260 g/mol. The molecular formula is C9H7Cl2N3O2. The van der Waals surface area contributed by atoms with Gasteiger partial charge >= 0.3 is 0 Å². The Labute approximate surface area is 101 Å². The lowest BCUT2D eigenvalue weighted by Gasteiger charge is -1.91. The number of para-hydroxylation sites is 2. The third kappa shape index (κ3) is 3.88. The summed E-state index contributed by atoms with van der Waals surface area (Å²) in [4.78, 5) is 0. The molecule has 0 aliphatic carbocycles. The molecule has 0 radical (unpaired) electrons. The number of phenolic OH excluding ortho intramolecular Hbond substituents is 2. The first-order valence-electron chi connectivity index (χ1n) is 4.07. The summed E-state index contributed by atoms with van der Waals surface area (Å²) >= 11 is 10.8. The molecule has 0 bridgehead atoms. The third-order valence-corrected chi connectivity index (χ3v) is 2.09. The Bertz CT molecular complexity index is 383. The lowest BCUT2D eigenvalue weighted by atomic mass is 10.3. The van der Waals surface area contributed by atoms with Crippen molar-refractivity contribution in [3.8, 4) is 11.5 Å². The second-order valence-electron chi connectivity index (χ2n) is 2.56. The second-order valence-corrected chi connectivity index (χ2v) is 3.33. The smallest absolute Gasteiger partial charge is 0.173 e. The minimum Gasteiger partial charge on any atom is -0.504 e. The van der Waals surface area contributed by atoms with Gasteiger partial charge in [0.05, 0.1) is 6.20 Å². The molecule has 2 N–H and O–H groups in total. The van der Waals surface area contributed by atoms with Crippen LogP contribution < -0.4 is 0 Å². The maximum atomic E-state index is 8.67. The van der Waals surface area contributed by atoms with E-state index in [-0.39, 0.29) is 16.7 Å². The minimum absolute atomic E-state index is 0.0764. The van der Waals surface area contributed by atoms with Crippen molar-refractivity contribution >= 4 is 23.2 Å². The van der Waals surface area contributed by atoms with Crippen LogP contribution in [-0.4, -0.2) is 25.6 Å². The molecule has 0 saturated heterocycles. The van der Waals surface area contributed by atoms with E-state index in [0.717, 1.165) is 0 Å². The summed E-state index contributed by atoms with van der Waals surface area (Å²) in [6.45, 7) is 0. The van der Waals surface area contributed by atoms with E-state index in [1.54, 1.807) is 12.1 Å². The van der Waals surface area contributed by atoms with Crippen molar-refractivity contribution < 1.29 is 10.2 Å². The van der Waals surface area contributed by atoms with Crippen LogP contribution >= 0.6 is 23.2 Å². The predicted octanol–water partition coefficient (Wildman–Crippen LogP) is 2.28. The summed E-state index contributed by atoms with van der Waals surface area (Å²) in [5.74, 6) is -0.153. The maximum absolute atomic E-state index is 8.67. The van der Waals surface area contributed by atoms with Gasteiger partial charge in [-0.05, 0) is 17.3 Å². The Balaban J connectivity index is 0.000000160. The van der Waals surface area contributed by atoms with Gasteiger partial charge in [-0.2, -0.15) is 0 Å². The highest BCUT2D eigenvalue weighted by atomic mass is 35.5. The molecule has 2 aromatic rings. The molecule has 0 unspecified atom stereocenters. The predicted molar refractivity (Wildman–Crippen MR) is 59.6 cm³/mol. The van der Waals surface area contributed by atoms with E-state index in [1.165, 1.54) is 18.3 Å². The van der Waals surface area contributed by atoms with Gasteiger partial charge in [0.15, 0.2) is 16.7 Å². The number of hydrogen-bond donors (Lipinski definition) is 2. The number of benzene rings is 1. The van der Waals surface area contributed by atoms with Crippen LogP contribution in [0.25, 0.3) is 0 Å². The van der Waals surface area contributed by atoms with Crippen LogP contribution in [0.1, 0.15) is 0 Å². The molecular weight excluding hydrogens is 253 g/mol. The number of nitrogens with zero attached hydrogens (tertiary/aromatic N) is 3. The monoisotopic (exact) mass is 259 g/mol. The Morgan fingerprint density at radius 2 is 1.56 bits per heavy atom. The van der Waals surface area contributed by atoms with Gasteiger partial charge in [0.2, 0.25) is 0 Å². The van der Waals surface area contributed by atoms with Gasteiger partial charge in [-0.1, -0.05) is 35.3 Å². The Morgan fingerprint density at radius 1 is 1.00 bits per heavy atom. The Kier molecular flexibility index (Phi) is 4.75. The fraction of sp³-hybridized carbons (Fsp3) is 0. The molecule has 84 valence electrons. The van der Waals surface area contributed by atoms with Crippen LogP contribution in [-0.2, 0) is 0 Å². The topological polar surface area (TPSA) is 79.1 Å². The zero-order valence-electron chi connectivity index (χ0n) is 7.88. The molecule has 0 fully saturated rings. The molecule has 0 atom stereocenters. The average Bonchev–Trinajstić information content (AvgIpc) is 2.28. The van der Waals surface area contributed by atoms with E-state index < -0.39 is 0 Å². The highest BCUT2D eigenvalue weighted by Gasteiger charge is 1.94. The van der Waals surface area contributed by atoms with Crippen LogP contribution in [0.5, 0.6) is 11.5 Å². The summed E-state index contributed by atoms with van der Waals surface area (Å²) in [5.41, 5.74) is 0. The van der Waals surface area contributed by atoms with E-state index in [1.807, 2.05) is 0 Å². The van der Waals surface area contributed by atoms with Crippen molar-refractivity contribution in [2.24, 2.45) is 0 Å². The number of aromatic nitrogens is 3. The standard InChI is InChI=1S/C6H6O2.C3HCl2N3/c7-5-3-1-2-4-6(5)8;4-2-1-6-8-7-3(2)5/h1-4,7-8H;1H. The van der Waals surface area contributed by atoms with Crippen molar-refractivity contribution in [3.63, 3.8) is 0 Å². The van der Waals surface area contributed by atoms with Crippen molar-refractivity contribution in [2.45, 2.75) is 0 Å². The molecule has 1 aromatic carbocycles. The highest BCUT2D eigenvalue weighted by molar-refractivity contribution is 6.40. The van der Waals surface area contributed by atoms with Gasteiger partial charge in [-0.25, -0.2) is 0 Å². The normalized spacial score (nSPS) is 9.12. The molecule has 16 heavy (non-hydrogen) atoms. The zero-order valence-corrected chi connectivity index (χ0v) is 9.39. The quantitative estimate of drug-likeness (QED) is 0.710. The lowest BCUT2D eigenvalue weighted by Crippen LogP contribution is -1.84. The van der Waals surface area contributed by atoms with E-state index in [4.69, 9.17) is 33.4 Å². The van der Waals surface area contributed by atoms with E-state index in [2.05, 4.69) is 15.4 Å². The molecule has 0 amide bonds. The van der Waals surface area contributed by atoms with Gasteiger partial charge in [-0.3, -0.25) is 0 Å². The number of hydrogen-bond acceptors (Lipinski definition) is 5. The number of aromatic hydroxyl groups is 2. The number of halogens is 2. The summed E-state index contributed by atoms with van der Waals surface area (Å²) in [5, 5.41) is 27.8. The van der Waals surface area contributed by atoms with Crippen molar-refractivity contribution in [2.75, 3.05) is 0 Å². The van der Waals surface area contributed by atoms with Gasteiger partial charge < -0.3 is 10.2 Å². The highest BCUT2D eigenvalue weighted by Crippen LogP contribution is 2.21. The molecule has 0 aliphatic heterocycles. The molecule has 0 aliphatic rings. The largest absolute Gasteiger partial charge is 0.504 e. The summed E-state index contributed by atoms with van der Waals surface area (Å²) in [6.07, 6.45) is 1.33. The third-order valence-electron chi connectivity index (χ3n) is 1.43. The molecule has 5 nitrogen and oxygen atoms in total. The van der Waals surface area contributed by atoms with Crippen LogP contribution in [0, 0.1) is 0 Å². The fourth-order valence-electron chi connectivity index (χ4n) is 0.707. The molecule has 1 heterocycles. The van der Waals surface area contributed by atoms with Crippen LogP contribution in [0.4, 0.5) is 0 Å². The molecule has 2 rings (SSSR count). The Morgan fingerprint density at radius 3 is 1.88 bits per heavy atom. The maximum Gasteiger partial charge on any atom is 0.173 e. The van der Waals surface area contributed by atoms with Gasteiger partial charge in [0.1, 0.15) is 5.02 Å². The van der Waals surface area contributed by atoms with E-state index in [9.17, 15) is 0 Å². The zero-order chi connectivity index (χ0) is 12.0. The SMILES string of the molecule is Clc1cnnnc1Cl.Oc1ccccc1O. The number of phenols is 2. The summed E-state index contributed by atoms with van der Waals surface area (Å²) in [6, 6.07) is 6.15. The van der Waals surface area contributed by atoms with Gasteiger partial charge in [0.25, 0.3) is 0 Å². The first-order chi connectivity index (χ1) is 7.61. The minimum atomic E-state index is -0.0764. The van der Waals surface area contributed by atoms with Crippen LogP contribution in [0.15, 0.2) is 30.5 Å². The van der Waals surface area contributed by atoms with Crippen LogP contribution in [0.2, 0.25) is 10.2 Å². The van der Waals surface area contributed by atoms with Crippen LogP contribution in [0.3, 0.4) is 0 Å². The van der Waals surface area contributed by atoms with Crippen molar-refractivity contribution in [3.05, 3.63) is 40.6 Å². The molecule has 1 aromatic heterocycles. The van der Waals surface area contributed by atoms with Gasteiger partial charge in [0, 0.05) is 0 Å². The molecule has 0 saturated carbocycles. The summed E-state index contributed by atoms with van der Waals surface area (Å²) in [7, 11) is 0. The lowest BCUT2D eigenvalue weighted by molar-refractivity contribution is 0.404. The number of rotatable bonds is 0. The van der Waals surface area contributed by atoms with E-state index >= 15 is 0 Å². The first kappa shape index (κ1) is 12.5. The van der Waals surface area contributed by atoms with E-state index in [0.29, 0.717) is 5.02 Å². The van der Waals surface area contributed by atoms with Gasteiger partial charge in [-0.15, -0.1) is 10.2 Å². The van der Waals surface area contributed by atoms with Crippen molar-refractivity contribution in [1.29, 1.82) is 0 Å². The summed E-state index contributed by atoms with van der Waals surface area (Å²) < 4.78 is 0. The fourth-order valence-corrected chi connectivity index (χ4v) is 0.871. The second kappa shape index (κ2) is 6.09. The molecule has 0 spiro atoms. The first-order valence-corrected chi connectivity index (χ1v) is 4.83. The molecule has 7 heteroatoms. The van der Waals surface area contributed by atoms with Crippen molar-refractivity contribution in [1.82, 2.24) is 15.4 Å².